The first-order valence-electron chi connectivity index (χ1n) is 17.3. The zero-order valence-corrected chi connectivity index (χ0v) is 27.8. The highest BCUT2D eigenvalue weighted by Gasteiger charge is 2.24. The summed E-state index contributed by atoms with van der Waals surface area (Å²) >= 11 is 0. The molecule has 0 atom stereocenters. The predicted molar refractivity (Wildman–Crippen MR) is 216 cm³/mol. The first-order chi connectivity index (χ1) is 25.3. The summed E-state index contributed by atoms with van der Waals surface area (Å²) in [5, 5.41) is 9.34. The monoisotopic (exact) mass is 652 g/mol. The van der Waals surface area contributed by atoms with Crippen LogP contribution in [0.5, 0.6) is 0 Å². The van der Waals surface area contributed by atoms with Crippen LogP contribution < -0.4 is 9.80 Å². The van der Waals surface area contributed by atoms with Crippen molar-refractivity contribution in [2.75, 3.05) is 9.80 Å². The molecule has 0 aliphatic carbocycles. The van der Waals surface area contributed by atoms with E-state index in [0.29, 0.717) is 0 Å². The summed E-state index contributed by atoms with van der Waals surface area (Å²) < 4.78 is 6.87. The van der Waals surface area contributed by atoms with Crippen LogP contribution in [0, 0.1) is 0 Å². The third-order valence-electron chi connectivity index (χ3n) is 9.94. The van der Waals surface area contributed by atoms with E-state index in [0.717, 1.165) is 56.1 Å². The minimum Gasteiger partial charge on any atom is -0.456 e. The summed E-state index contributed by atoms with van der Waals surface area (Å²) in [7, 11) is 0. The minimum absolute atomic E-state index is 0.831. The van der Waals surface area contributed by atoms with Crippen molar-refractivity contribution in [2.24, 2.45) is 0 Å². The molecule has 3 heteroatoms. The number of para-hydroxylation sites is 2. The summed E-state index contributed by atoms with van der Waals surface area (Å²) in [6, 6.07) is 69.2. The van der Waals surface area contributed by atoms with E-state index in [1.807, 2.05) is 0 Å². The molecule has 10 rings (SSSR count). The lowest BCUT2D eigenvalue weighted by Gasteiger charge is -2.30. The fraction of sp³-hybridized carbons (Fsp3) is 0. The molecule has 0 saturated heterocycles. The summed E-state index contributed by atoms with van der Waals surface area (Å²) in [5.41, 5.74) is 8.02. The SMILES string of the molecule is c1ccc(N(c2ccc3ccccc3c2)c2cc(N(c3ccccc3)c3ccc4ccccc4c3)c3c(c2)oc2ccc4ccccc4c23)cc1. The highest BCUT2D eigenvalue weighted by molar-refractivity contribution is 6.24. The van der Waals surface area contributed by atoms with Crippen molar-refractivity contribution in [1.29, 1.82) is 0 Å². The molecule has 0 aliphatic rings. The molecule has 1 heterocycles. The molecule has 0 bridgehead atoms. The number of rotatable bonds is 6. The van der Waals surface area contributed by atoms with Crippen molar-refractivity contribution in [1.82, 2.24) is 0 Å². The van der Waals surface area contributed by atoms with Gasteiger partial charge in [0.25, 0.3) is 0 Å². The van der Waals surface area contributed by atoms with Gasteiger partial charge in [-0.2, -0.15) is 0 Å². The summed E-state index contributed by atoms with van der Waals surface area (Å²) in [5.74, 6) is 0. The van der Waals surface area contributed by atoms with Gasteiger partial charge < -0.3 is 14.2 Å². The molecule has 0 N–H and O–H groups in total. The molecule has 1 aromatic heterocycles. The van der Waals surface area contributed by atoms with Gasteiger partial charge in [0.2, 0.25) is 0 Å². The predicted octanol–water partition coefficient (Wildman–Crippen LogP) is 14.0. The van der Waals surface area contributed by atoms with E-state index in [4.69, 9.17) is 4.42 Å². The average molecular weight is 653 g/mol. The maximum absolute atomic E-state index is 6.87. The zero-order valence-electron chi connectivity index (χ0n) is 27.8. The van der Waals surface area contributed by atoms with E-state index in [2.05, 4.69) is 204 Å². The molecular formula is C48H32N2O. The second-order valence-electron chi connectivity index (χ2n) is 13.0. The van der Waals surface area contributed by atoms with Crippen LogP contribution in [0.4, 0.5) is 34.1 Å². The fourth-order valence-corrected chi connectivity index (χ4v) is 7.60. The Hall–Kier alpha value is -6.84. The first-order valence-corrected chi connectivity index (χ1v) is 17.3. The first kappa shape index (κ1) is 29.1. The van der Waals surface area contributed by atoms with E-state index >= 15 is 0 Å². The van der Waals surface area contributed by atoms with Crippen LogP contribution in [0.15, 0.2) is 199 Å². The normalized spacial score (nSPS) is 11.5. The van der Waals surface area contributed by atoms with Crippen molar-refractivity contribution in [3.8, 4) is 0 Å². The second kappa shape index (κ2) is 11.9. The Morgan fingerprint density at radius 3 is 1.45 bits per heavy atom. The highest BCUT2D eigenvalue weighted by Crippen LogP contribution is 2.49. The van der Waals surface area contributed by atoms with Crippen LogP contribution >= 0.6 is 0 Å². The molecule has 240 valence electrons. The van der Waals surface area contributed by atoms with Crippen molar-refractivity contribution in [3.05, 3.63) is 194 Å². The average Bonchev–Trinajstić information content (AvgIpc) is 3.58. The smallest absolute Gasteiger partial charge is 0.139 e. The lowest BCUT2D eigenvalue weighted by atomic mass is 10.0. The number of benzene rings is 9. The zero-order chi connectivity index (χ0) is 33.7. The molecule has 0 spiro atoms. The maximum Gasteiger partial charge on any atom is 0.139 e. The topological polar surface area (TPSA) is 19.6 Å². The van der Waals surface area contributed by atoms with E-state index in [1.54, 1.807) is 0 Å². The lowest BCUT2D eigenvalue weighted by Crippen LogP contribution is -2.13. The summed E-state index contributed by atoms with van der Waals surface area (Å²) in [6.07, 6.45) is 0. The standard InChI is InChI=1S/C48H32N2O/c1-3-18-38(19-4-1)49(40-26-23-33-13-7-9-16-36(33)29-40)42-31-44(48-46(32-42)51-45-28-25-35-15-11-12-22-43(35)47(45)48)50(39-20-5-2-6-21-39)41-27-24-34-14-8-10-17-37(34)30-41/h1-32H. The van der Waals surface area contributed by atoms with Gasteiger partial charge in [-0.3, -0.25) is 0 Å². The highest BCUT2D eigenvalue weighted by atomic mass is 16.3. The summed E-state index contributed by atoms with van der Waals surface area (Å²) in [6.45, 7) is 0. The molecule has 0 aliphatic heterocycles. The van der Waals surface area contributed by atoms with Gasteiger partial charge in [-0.05, 0) is 93.0 Å². The van der Waals surface area contributed by atoms with Crippen LogP contribution in [-0.4, -0.2) is 0 Å². The Balaban J connectivity index is 1.32. The Kier molecular flexibility index (Phi) is 6.81. The molecule has 0 fully saturated rings. The molecule has 0 saturated carbocycles. The van der Waals surface area contributed by atoms with E-state index in [-0.39, 0.29) is 0 Å². The van der Waals surface area contributed by atoms with Gasteiger partial charge in [-0.15, -0.1) is 0 Å². The van der Waals surface area contributed by atoms with Gasteiger partial charge >= 0.3 is 0 Å². The molecule has 0 amide bonds. The molecule has 3 nitrogen and oxygen atoms in total. The Labute approximate surface area is 295 Å². The van der Waals surface area contributed by atoms with Crippen molar-refractivity contribution in [2.45, 2.75) is 0 Å². The number of anilines is 6. The lowest BCUT2D eigenvalue weighted by molar-refractivity contribution is 0.669. The van der Waals surface area contributed by atoms with Gasteiger partial charge in [-0.1, -0.05) is 127 Å². The van der Waals surface area contributed by atoms with Gasteiger partial charge in [0.15, 0.2) is 0 Å². The number of furan rings is 1. The number of fused-ring (bicyclic) bond motifs is 7. The minimum atomic E-state index is 0.831. The third kappa shape index (κ3) is 4.98. The van der Waals surface area contributed by atoms with Crippen molar-refractivity contribution in [3.63, 3.8) is 0 Å². The van der Waals surface area contributed by atoms with Gasteiger partial charge in [0.05, 0.1) is 16.8 Å². The largest absolute Gasteiger partial charge is 0.456 e. The van der Waals surface area contributed by atoms with Crippen LogP contribution in [0.1, 0.15) is 0 Å². The molecule has 51 heavy (non-hydrogen) atoms. The molecule has 0 radical (unpaired) electrons. The van der Waals surface area contributed by atoms with Gasteiger partial charge in [0, 0.05) is 34.2 Å². The Morgan fingerprint density at radius 2 is 0.804 bits per heavy atom. The van der Waals surface area contributed by atoms with Crippen LogP contribution in [-0.2, 0) is 0 Å². The maximum atomic E-state index is 6.87. The van der Waals surface area contributed by atoms with Crippen molar-refractivity contribution < 1.29 is 4.42 Å². The summed E-state index contributed by atoms with van der Waals surface area (Å²) in [4.78, 5) is 4.73. The van der Waals surface area contributed by atoms with Gasteiger partial charge in [0.1, 0.15) is 11.2 Å². The van der Waals surface area contributed by atoms with Crippen molar-refractivity contribution >= 4 is 88.4 Å². The quantitative estimate of drug-likeness (QED) is 0.178. The number of hydrogen-bond donors (Lipinski definition) is 0. The Bertz CT molecular complexity index is 2880. The molecular weight excluding hydrogens is 621 g/mol. The second-order valence-corrected chi connectivity index (χ2v) is 13.0. The van der Waals surface area contributed by atoms with Gasteiger partial charge in [-0.25, -0.2) is 0 Å². The Morgan fingerprint density at radius 1 is 0.294 bits per heavy atom. The number of nitrogens with zero attached hydrogens (tertiary/aromatic N) is 2. The van der Waals surface area contributed by atoms with E-state index in [9.17, 15) is 0 Å². The molecule has 0 unspecified atom stereocenters. The molecule has 10 aromatic rings. The third-order valence-corrected chi connectivity index (χ3v) is 9.94. The number of hydrogen-bond acceptors (Lipinski definition) is 3. The van der Waals surface area contributed by atoms with E-state index < -0.39 is 0 Å². The molecule has 9 aromatic carbocycles. The van der Waals surface area contributed by atoms with Crippen LogP contribution in [0.3, 0.4) is 0 Å². The van der Waals surface area contributed by atoms with Crippen LogP contribution in [0.25, 0.3) is 54.3 Å². The fourth-order valence-electron chi connectivity index (χ4n) is 7.60. The van der Waals surface area contributed by atoms with E-state index in [1.165, 1.54) is 32.3 Å². The van der Waals surface area contributed by atoms with Crippen LogP contribution in [0.2, 0.25) is 0 Å².